The van der Waals surface area contributed by atoms with Crippen LogP contribution in [-0.2, 0) is 26.1 Å². The van der Waals surface area contributed by atoms with Gasteiger partial charge in [-0.1, -0.05) is 12.1 Å². The van der Waals surface area contributed by atoms with E-state index >= 15 is 0 Å². The number of carbonyl (C=O) groups is 2. The smallest absolute Gasteiger partial charge is 0.335 e. The first-order valence-electron chi connectivity index (χ1n) is 7.37. The third-order valence-electron chi connectivity index (χ3n) is 2.95. The van der Waals surface area contributed by atoms with E-state index in [4.69, 9.17) is 9.84 Å². The maximum absolute atomic E-state index is 11.7. The second-order valence-corrected chi connectivity index (χ2v) is 7.26. The number of benzene rings is 1. The normalized spacial score (nSPS) is 11.5. The van der Waals surface area contributed by atoms with Crippen LogP contribution in [0.25, 0.3) is 0 Å². The fourth-order valence-corrected chi connectivity index (χ4v) is 2.48. The Morgan fingerprint density at radius 3 is 2.38 bits per heavy atom. The number of carboxylic acid groups (broad SMARTS) is 1. The third kappa shape index (κ3) is 8.04. The van der Waals surface area contributed by atoms with Crippen LogP contribution in [0.4, 0.5) is 0 Å². The first kappa shape index (κ1) is 20.1. The minimum absolute atomic E-state index is 0.0592. The maximum atomic E-state index is 11.7. The average molecular weight is 358 g/mol. The van der Waals surface area contributed by atoms with Gasteiger partial charge in [0, 0.05) is 6.54 Å². The van der Waals surface area contributed by atoms with Crippen LogP contribution in [0.3, 0.4) is 0 Å². The molecule has 1 rings (SSSR count). The molecule has 0 aliphatic heterocycles. The molecule has 0 atom stereocenters. The monoisotopic (exact) mass is 358 g/mol. The summed E-state index contributed by atoms with van der Waals surface area (Å²) in [6, 6.07) is 6.02. The van der Waals surface area contributed by atoms with E-state index in [0.29, 0.717) is 5.56 Å². The molecule has 0 saturated carbocycles. The molecule has 0 saturated heterocycles. The number of rotatable bonds is 10. The quantitative estimate of drug-likeness (QED) is 0.555. The zero-order valence-corrected chi connectivity index (χ0v) is 14.4. The molecule has 0 heterocycles. The van der Waals surface area contributed by atoms with Crippen LogP contribution in [-0.4, -0.2) is 50.4 Å². The summed E-state index contributed by atoms with van der Waals surface area (Å²) in [5, 5.41) is 11.3. The molecule has 0 fully saturated rings. The Morgan fingerprint density at radius 2 is 1.83 bits per heavy atom. The van der Waals surface area contributed by atoms with Crippen molar-refractivity contribution in [2.24, 2.45) is 0 Å². The third-order valence-corrected chi connectivity index (χ3v) is 4.23. The Morgan fingerprint density at radius 1 is 1.21 bits per heavy atom. The molecule has 0 unspecified atom stereocenters. The molecule has 0 bridgehead atoms. The topological polar surface area (TPSA) is 122 Å². The molecule has 8 nitrogen and oxygen atoms in total. The first-order valence-corrected chi connectivity index (χ1v) is 9.02. The second kappa shape index (κ2) is 9.36. The SMILES string of the molecule is CC(C)OCCS(=O)(=O)NCC(=O)NCc1ccc(C(=O)O)cc1. The Hall–Kier alpha value is -1.97. The van der Waals surface area contributed by atoms with Crippen LogP contribution in [0, 0.1) is 0 Å². The van der Waals surface area contributed by atoms with Crippen molar-refractivity contribution in [3.63, 3.8) is 0 Å². The summed E-state index contributed by atoms with van der Waals surface area (Å²) in [5.41, 5.74) is 0.864. The molecule has 24 heavy (non-hydrogen) atoms. The summed E-state index contributed by atoms with van der Waals surface area (Å²) in [6.45, 7) is 3.48. The highest BCUT2D eigenvalue weighted by molar-refractivity contribution is 7.89. The van der Waals surface area contributed by atoms with E-state index in [2.05, 4.69) is 10.0 Å². The van der Waals surface area contributed by atoms with Gasteiger partial charge < -0.3 is 15.2 Å². The van der Waals surface area contributed by atoms with Crippen molar-refractivity contribution in [2.75, 3.05) is 18.9 Å². The van der Waals surface area contributed by atoms with Crippen LogP contribution in [0.1, 0.15) is 29.8 Å². The van der Waals surface area contributed by atoms with Crippen molar-refractivity contribution in [3.05, 3.63) is 35.4 Å². The molecule has 0 aromatic heterocycles. The van der Waals surface area contributed by atoms with Crippen LogP contribution in [0.15, 0.2) is 24.3 Å². The molecule has 0 aliphatic carbocycles. The van der Waals surface area contributed by atoms with Crippen LogP contribution in [0.5, 0.6) is 0 Å². The lowest BCUT2D eigenvalue weighted by atomic mass is 10.1. The van der Waals surface area contributed by atoms with E-state index in [1.165, 1.54) is 12.1 Å². The van der Waals surface area contributed by atoms with Crippen molar-refractivity contribution < 1.29 is 27.9 Å². The fourth-order valence-electron chi connectivity index (χ4n) is 1.67. The van der Waals surface area contributed by atoms with Gasteiger partial charge >= 0.3 is 5.97 Å². The predicted molar refractivity (Wildman–Crippen MR) is 88.1 cm³/mol. The summed E-state index contributed by atoms with van der Waals surface area (Å²) in [4.78, 5) is 22.4. The fraction of sp³-hybridized carbons (Fsp3) is 0.467. The molecule has 9 heteroatoms. The molecule has 1 aromatic rings. The van der Waals surface area contributed by atoms with Gasteiger partial charge in [-0.3, -0.25) is 4.79 Å². The van der Waals surface area contributed by atoms with Gasteiger partial charge in [-0.15, -0.1) is 0 Å². The number of carbonyl (C=O) groups excluding carboxylic acids is 1. The molecule has 3 N–H and O–H groups in total. The van der Waals surface area contributed by atoms with Gasteiger partial charge in [0.15, 0.2) is 0 Å². The lowest BCUT2D eigenvalue weighted by Gasteiger charge is -2.10. The summed E-state index contributed by atoms with van der Waals surface area (Å²) in [7, 11) is -3.57. The number of hydrogen-bond donors (Lipinski definition) is 3. The first-order chi connectivity index (χ1) is 11.2. The van der Waals surface area contributed by atoms with Crippen LogP contribution in [0.2, 0.25) is 0 Å². The molecule has 1 aromatic carbocycles. The van der Waals surface area contributed by atoms with Gasteiger partial charge in [0.2, 0.25) is 15.9 Å². The van der Waals surface area contributed by atoms with E-state index in [-0.39, 0.29) is 37.1 Å². The van der Waals surface area contributed by atoms with Gasteiger partial charge in [0.05, 0.1) is 30.6 Å². The van der Waals surface area contributed by atoms with E-state index in [9.17, 15) is 18.0 Å². The van der Waals surface area contributed by atoms with Gasteiger partial charge in [0.25, 0.3) is 0 Å². The van der Waals surface area contributed by atoms with Gasteiger partial charge in [-0.05, 0) is 31.5 Å². The number of ether oxygens (including phenoxy) is 1. The standard InChI is InChI=1S/C15H22N2O6S/c1-11(2)23-7-8-24(21,22)17-10-14(18)16-9-12-3-5-13(6-4-12)15(19)20/h3-6,11,17H,7-10H2,1-2H3,(H,16,18)(H,19,20). The van der Waals surface area contributed by atoms with Crippen LogP contribution < -0.4 is 10.0 Å². The molecule has 0 spiro atoms. The van der Waals surface area contributed by atoms with Crippen molar-refractivity contribution >= 4 is 21.9 Å². The Kier molecular flexibility index (Phi) is 7.83. The Bertz CT molecular complexity index is 655. The van der Waals surface area contributed by atoms with Crippen molar-refractivity contribution in [1.29, 1.82) is 0 Å². The predicted octanol–water partition coefficient (Wildman–Crippen LogP) is 0.345. The molecular weight excluding hydrogens is 336 g/mol. The van der Waals surface area contributed by atoms with Gasteiger partial charge in [-0.2, -0.15) is 0 Å². The van der Waals surface area contributed by atoms with E-state index in [1.807, 2.05) is 0 Å². The van der Waals surface area contributed by atoms with E-state index < -0.39 is 21.9 Å². The lowest BCUT2D eigenvalue weighted by molar-refractivity contribution is -0.120. The van der Waals surface area contributed by atoms with Crippen molar-refractivity contribution in [1.82, 2.24) is 10.0 Å². The Balaban J connectivity index is 2.34. The van der Waals surface area contributed by atoms with Crippen LogP contribution >= 0.6 is 0 Å². The van der Waals surface area contributed by atoms with E-state index in [1.54, 1.807) is 26.0 Å². The van der Waals surface area contributed by atoms with Gasteiger partial charge in [-0.25, -0.2) is 17.9 Å². The summed E-state index contributed by atoms with van der Waals surface area (Å²) in [6.07, 6.45) is -0.0592. The van der Waals surface area contributed by atoms with Gasteiger partial charge in [0.1, 0.15) is 0 Å². The highest BCUT2D eigenvalue weighted by Gasteiger charge is 2.12. The molecule has 0 radical (unpaired) electrons. The minimum Gasteiger partial charge on any atom is -0.478 e. The highest BCUT2D eigenvalue weighted by Crippen LogP contribution is 2.04. The number of aromatic carboxylic acids is 1. The number of carboxylic acids is 1. The number of sulfonamides is 1. The largest absolute Gasteiger partial charge is 0.478 e. The number of nitrogens with one attached hydrogen (secondary N) is 2. The van der Waals surface area contributed by atoms with Crippen molar-refractivity contribution in [2.45, 2.75) is 26.5 Å². The average Bonchev–Trinajstić information content (AvgIpc) is 2.51. The minimum atomic E-state index is -3.57. The summed E-state index contributed by atoms with van der Waals surface area (Å²) in [5.74, 6) is -1.72. The number of amides is 1. The molecule has 1 amide bonds. The molecular formula is C15H22N2O6S. The Labute approximate surface area is 141 Å². The van der Waals surface area contributed by atoms with E-state index in [0.717, 1.165) is 0 Å². The number of hydrogen-bond acceptors (Lipinski definition) is 5. The maximum Gasteiger partial charge on any atom is 0.335 e. The highest BCUT2D eigenvalue weighted by atomic mass is 32.2. The zero-order chi connectivity index (χ0) is 18.2. The van der Waals surface area contributed by atoms with Crippen molar-refractivity contribution in [3.8, 4) is 0 Å². The summed E-state index contributed by atoms with van der Waals surface area (Å²) < 4.78 is 30.7. The second-order valence-electron chi connectivity index (χ2n) is 5.34. The summed E-state index contributed by atoms with van der Waals surface area (Å²) >= 11 is 0. The lowest BCUT2D eigenvalue weighted by Crippen LogP contribution is -2.38. The molecule has 134 valence electrons. The zero-order valence-electron chi connectivity index (χ0n) is 13.6. The molecule has 0 aliphatic rings.